The first-order valence-corrected chi connectivity index (χ1v) is 12.5. The van der Waals surface area contributed by atoms with Crippen molar-refractivity contribution in [2.24, 2.45) is 5.92 Å². The summed E-state index contributed by atoms with van der Waals surface area (Å²) in [4.78, 5) is 15.6. The number of amides is 1. The van der Waals surface area contributed by atoms with Gasteiger partial charge in [-0.05, 0) is 77.1 Å². The normalized spacial score (nSPS) is 20.5. The van der Waals surface area contributed by atoms with E-state index in [9.17, 15) is 4.79 Å². The van der Waals surface area contributed by atoms with Gasteiger partial charge in [-0.3, -0.25) is 4.79 Å². The van der Waals surface area contributed by atoms with Crippen LogP contribution in [0.3, 0.4) is 0 Å². The zero-order valence-corrected chi connectivity index (χ0v) is 20.8. The molecule has 186 valence electrons. The van der Waals surface area contributed by atoms with Crippen LogP contribution in [-0.4, -0.2) is 75.6 Å². The monoisotopic (exact) mass is 462 g/mol. The minimum atomic E-state index is 0.0458. The van der Waals surface area contributed by atoms with Gasteiger partial charge in [0.1, 0.15) is 0 Å². The van der Waals surface area contributed by atoms with Crippen LogP contribution in [0.5, 0.6) is 11.5 Å². The maximum absolute atomic E-state index is 13.6. The molecule has 33 heavy (non-hydrogen) atoms. The molecule has 0 saturated carbocycles. The summed E-state index contributed by atoms with van der Waals surface area (Å²) in [5.74, 6) is 1.82. The predicted molar refractivity (Wildman–Crippen MR) is 129 cm³/mol. The van der Waals surface area contributed by atoms with E-state index in [1.807, 2.05) is 23.1 Å². The van der Waals surface area contributed by atoms with Crippen molar-refractivity contribution in [3.8, 4) is 11.5 Å². The van der Waals surface area contributed by atoms with Crippen LogP contribution in [0, 0.1) is 5.92 Å². The SMILES string of the molecule is COCCCOc1cc(C(=O)N(C(C)C)[C@@H]2CCCNC2)ccc1OC(C)C1CCOCC1. The standard InChI is InChI=1S/C26H42N2O5/c1-19(2)28(23-7-5-12-27-18-23)26(29)22-8-9-24(25(17-22)32-14-6-13-30-4)33-20(3)21-10-15-31-16-11-21/h8-9,17,19-21,23,27H,5-7,10-16,18H2,1-4H3/t20?,23-/m1/s1. The lowest BCUT2D eigenvalue weighted by atomic mass is 9.95. The van der Waals surface area contributed by atoms with Gasteiger partial charge in [-0.2, -0.15) is 0 Å². The van der Waals surface area contributed by atoms with Gasteiger partial charge >= 0.3 is 0 Å². The van der Waals surface area contributed by atoms with E-state index in [0.29, 0.717) is 36.2 Å². The number of rotatable bonds is 11. The number of carbonyl (C=O) groups excluding carboxylic acids is 1. The summed E-state index contributed by atoms with van der Waals surface area (Å²) in [7, 11) is 1.68. The Kier molecular flexibility index (Phi) is 10.3. The highest BCUT2D eigenvalue weighted by Gasteiger charge is 2.29. The molecular weight excluding hydrogens is 420 g/mol. The molecule has 0 bridgehead atoms. The van der Waals surface area contributed by atoms with Gasteiger partial charge in [-0.25, -0.2) is 0 Å². The van der Waals surface area contributed by atoms with Gasteiger partial charge in [0, 0.05) is 57.5 Å². The summed E-state index contributed by atoms with van der Waals surface area (Å²) < 4.78 is 23.1. The molecule has 1 N–H and O–H groups in total. The highest BCUT2D eigenvalue weighted by Crippen LogP contribution is 2.33. The molecule has 2 aliphatic heterocycles. The van der Waals surface area contributed by atoms with Crippen molar-refractivity contribution in [2.45, 2.75) is 71.1 Å². The molecule has 0 aliphatic carbocycles. The van der Waals surface area contributed by atoms with E-state index in [2.05, 4.69) is 26.1 Å². The van der Waals surface area contributed by atoms with Crippen molar-refractivity contribution in [2.75, 3.05) is 46.6 Å². The van der Waals surface area contributed by atoms with Crippen molar-refractivity contribution in [1.29, 1.82) is 0 Å². The molecule has 0 aromatic heterocycles. The number of ether oxygens (including phenoxy) is 4. The average Bonchev–Trinajstić information content (AvgIpc) is 2.83. The van der Waals surface area contributed by atoms with Crippen LogP contribution in [0.2, 0.25) is 0 Å². The van der Waals surface area contributed by atoms with E-state index >= 15 is 0 Å². The lowest BCUT2D eigenvalue weighted by molar-refractivity contribution is 0.0229. The third-order valence-corrected chi connectivity index (χ3v) is 6.64. The third kappa shape index (κ3) is 7.33. The Hall–Kier alpha value is -1.83. The van der Waals surface area contributed by atoms with E-state index in [1.54, 1.807) is 7.11 Å². The molecule has 0 spiro atoms. The molecule has 3 rings (SSSR count). The first kappa shape index (κ1) is 25.8. The van der Waals surface area contributed by atoms with E-state index in [1.165, 1.54) is 0 Å². The topological polar surface area (TPSA) is 69.3 Å². The largest absolute Gasteiger partial charge is 0.490 e. The number of hydrogen-bond acceptors (Lipinski definition) is 6. The highest BCUT2D eigenvalue weighted by molar-refractivity contribution is 5.95. The zero-order chi connectivity index (χ0) is 23.6. The van der Waals surface area contributed by atoms with Crippen LogP contribution in [0.25, 0.3) is 0 Å². The van der Waals surface area contributed by atoms with Crippen molar-refractivity contribution < 1.29 is 23.7 Å². The molecule has 2 saturated heterocycles. The van der Waals surface area contributed by atoms with E-state index in [4.69, 9.17) is 18.9 Å². The summed E-state index contributed by atoms with van der Waals surface area (Å²) in [6, 6.07) is 5.96. The second kappa shape index (κ2) is 13.2. The summed E-state index contributed by atoms with van der Waals surface area (Å²) >= 11 is 0. The minimum Gasteiger partial charge on any atom is -0.490 e. The quantitative estimate of drug-likeness (QED) is 0.503. The fourth-order valence-corrected chi connectivity index (χ4v) is 4.76. The Labute approximate surface area is 199 Å². The van der Waals surface area contributed by atoms with Crippen LogP contribution in [0.1, 0.15) is 63.2 Å². The van der Waals surface area contributed by atoms with Gasteiger partial charge in [0.05, 0.1) is 12.7 Å². The summed E-state index contributed by atoms with van der Waals surface area (Å²) in [6.45, 7) is 10.8. The van der Waals surface area contributed by atoms with Crippen LogP contribution >= 0.6 is 0 Å². The first-order chi connectivity index (χ1) is 16.0. The Morgan fingerprint density at radius 1 is 1.15 bits per heavy atom. The lowest BCUT2D eigenvalue weighted by Gasteiger charge is -2.37. The molecule has 2 heterocycles. The number of hydrogen-bond donors (Lipinski definition) is 1. The second-order valence-corrected chi connectivity index (χ2v) is 9.44. The molecule has 1 aromatic carbocycles. The Morgan fingerprint density at radius 3 is 2.61 bits per heavy atom. The summed E-state index contributed by atoms with van der Waals surface area (Å²) in [5.41, 5.74) is 0.641. The van der Waals surface area contributed by atoms with Gasteiger partial charge < -0.3 is 29.2 Å². The summed E-state index contributed by atoms with van der Waals surface area (Å²) in [6.07, 6.45) is 4.95. The maximum Gasteiger partial charge on any atom is 0.254 e. The number of nitrogens with one attached hydrogen (secondary N) is 1. The fraction of sp³-hybridized carbons (Fsp3) is 0.731. The van der Waals surface area contributed by atoms with Crippen LogP contribution in [0.4, 0.5) is 0 Å². The van der Waals surface area contributed by atoms with Gasteiger partial charge in [0.2, 0.25) is 0 Å². The van der Waals surface area contributed by atoms with Crippen molar-refractivity contribution in [3.63, 3.8) is 0 Å². The zero-order valence-electron chi connectivity index (χ0n) is 20.8. The first-order valence-electron chi connectivity index (χ1n) is 12.5. The van der Waals surface area contributed by atoms with E-state index in [0.717, 1.165) is 58.4 Å². The smallest absolute Gasteiger partial charge is 0.254 e. The molecule has 1 amide bonds. The van der Waals surface area contributed by atoms with Crippen LogP contribution in [-0.2, 0) is 9.47 Å². The lowest BCUT2D eigenvalue weighted by Crippen LogP contribution is -2.51. The van der Waals surface area contributed by atoms with E-state index < -0.39 is 0 Å². The van der Waals surface area contributed by atoms with Crippen LogP contribution in [0.15, 0.2) is 18.2 Å². The molecule has 2 fully saturated rings. The number of piperidine rings is 1. The number of benzene rings is 1. The van der Waals surface area contributed by atoms with Gasteiger partial charge in [-0.15, -0.1) is 0 Å². The number of carbonyl (C=O) groups is 1. The minimum absolute atomic E-state index is 0.0458. The molecule has 2 aliphatic rings. The molecule has 1 unspecified atom stereocenters. The Bertz CT molecular complexity index is 729. The highest BCUT2D eigenvalue weighted by atomic mass is 16.5. The van der Waals surface area contributed by atoms with Gasteiger partial charge in [-0.1, -0.05) is 0 Å². The Balaban J connectivity index is 1.78. The van der Waals surface area contributed by atoms with E-state index in [-0.39, 0.29) is 24.1 Å². The van der Waals surface area contributed by atoms with Crippen molar-refractivity contribution in [1.82, 2.24) is 10.2 Å². The van der Waals surface area contributed by atoms with Crippen molar-refractivity contribution >= 4 is 5.91 Å². The number of nitrogens with zero attached hydrogens (tertiary/aromatic N) is 1. The summed E-state index contributed by atoms with van der Waals surface area (Å²) in [5, 5.41) is 3.43. The molecule has 1 aromatic rings. The number of methoxy groups -OCH3 is 1. The maximum atomic E-state index is 13.6. The fourth-order valence-electron chi connectivity index (χ4n) is 4.76. The third-order valence-electron chi connectivity index (χ3n) is 6.64. The van der Waals surface area contributed by atoms with Crippen molar-refractivity contribution in [3.05, 3.63) is 23.8 Å². The van der Waals surface area contributed by atoms with Gasteiger partial charge in [0.25, 0.3) is 5.91 Å². The van der Waals surface area contributed by atoms with Gasteiger partial charge in [0.15, 0.2) is 11.5 Å². The second-order valence-electron chi connectivity index (χ2n) is 9.44. The molecule has 0 radical (unpaired) electrons. The van der Waals surface area contributed by atoms with Crippen LogP contribution < -0.4 is 14.8 Å². The molecular formula is C26H42N2O5. The molecule has 2 atom stereocenters. The predicted octanol–water partition coefficient (Wildman–Crippen LogP) is 3.90. The molecule has 7 heteroatoms. The Morgan fingerprint density at radius 2 is 1.94 bits per heavy atom. The average molecular weight is 463 g/mol. The molecule has 7 nitrogen and oxygen atoms in total.